The van der Waals surface area contributed by atoms with E-state index < -0.39 is 0 Å². The first-order valence-electron chi connectivity index (χ1n) is 3.92. The average molecular weight is 147 g/mol. The van der Waals surface area contributed by atoms with Crippen LogP contribution in [-0.4, -0.2) is 17.9 Å². The number of rotatable bonds is 0. The van der Waals surface area contributed by atoms with Gasteiger partial charge in [-0.05, 0) is 24.0 Å². The van der Waals surface area contributed by atoms with E-state index in [9.17, 15) is 5.11 Å². The normalized spacial score (nSPS) is 21.7. The molecule has 3 heteroatoms. The maximum absolute atomic E-state index is 9.44. The third-order valence-corrected chi connectivity index (χ3v) is 2.15. The molecule has 0 bridgehead atoms. The van der Waals surface area contributed by atoms with Crippen LogP contribution in [0.5, 0.6) is 0 Å². The van der Waals surface area contributed by atoms with Crippen molar-refractivity contribution in [3.8, 4) is 0 Å². The van der Waals surface area contributed by atoms with E-state index in [0.29, 0.717) is 0 Å². The molecule has 0 radical (unpaired) electrons. The molecule has 2 nitrogen and oxygen atoms in total. The summed E-state index contributed by atoms with van der Waals surface area (Å²) in [6.07, 6.45) is 1.50. The summed E-state index contributed by atoms with van der Waals surface area (Å²) in [4.78, 5) is 4.28. The first-order valence-corrected chi connectivity index (χ1v) is 3.92. The topological polar surface area (TPSA) is 33.1 Å². The highest BCUT2D eigenvalue weighted by atomic mass is 16.3. The van der Waals surface area contributed by atoms with E-state index in [2.05, 4.69) is 11.1 Å². The number of nitrogens with zero attached hydrogens (tertiary/aromatic N) is 1. The van der Waals surface area contributed by atoms with Crippen molar-refractivity contribution in [3.63, 3.8) is 0 Å². The van der Waals surface area contributed by atoms with Gasteiger partial charge in [-0.2, -0.15) is 0 Å². The van der Waals surface area contributed by atoms with Crippen LogP contribution in [0.4, 0.5) is 0 Å². The summed E-state index contributed by atoms with van der Waals surface area (Å²) < 4.78 is 0. The van der Waals surface area contributed by atoms with Gasteiger partial charge in [0.1, 0.15) is 0 Å². The summed E-state index contributed by atoms with van der Waals surface area (Å²) >= 11 is 0. The van der Waals surface area contributed by atoms with Crippen LogP contribution in [-0.2, 0) is 6.42 Å². The van der Waals surface area contributed by atoms with Gasteiger partial charge in [0.15, 0.2) is 7.85 Å². The summed E-state index contributed by atoms with van der Waals surface area (Å²) in [7, 11) is 1.95. The lowest BCUT2D eigenvalue weighted by Crippen LogP contribution is -2.11. The van der Waals surface area contributed by atoms with E-state index in [4.69, 9.17) is 0 Å². The Morgan fingerprint density at radius 3 is 3.18 bits per heavy atom. The Kier molecular flexibility index (Phi) is 1.46. The van der Waals surface area contributed by atoms with Gasteiger partial charge in [-0.1, -0.05) is 12.1 Å². The zero-order valence-electron chi connectivity index (χ0n) is 6.54. The predicted molar refractivity (Wildman–Crippen MR) is 45.7 cm³/mol. The second kappa shape index (κ2) is 2.34. The number of hydrogen-bond donors (Lipinski definition) is 1. The van der Waals surface area contributed by atoms with Gasteiger partial charge in [0, 0.05) is 0 Å². The maximum atomic E-state index is 9.44. The van der Waals surface area contributed by atoms with Crippen LogP contribution in [0.25, 0.3) is 0 Å². The fourth-order valence-corrected chi connectivity index (χ4v) is 1.53. The van der Waals surface area contributed by atoms with Crippen LogP contribution >= 0.6 is 0 Å². The quantitative estimate of drug-likeness (QED) is 0.493. The van der Waals surface area contributed by atoms with Crippen molar-refractivity contribution in [2.75, 3.05) is 0 Å². The molecule has 1 heterocycles. The molecule has 0 fully saturated rings. The lowest BCUT2D eigenvalue weighted by Gasteiger charge is -2.02. The average Bonchev–Trinajstić information content (AvgIpc) is 2.33. The van der Waals surface area contributed by atoms with E-state index in [1.165, 1.54) is 5.56 Å². The van der Waals surface area contributed by atoms with Gasteiger partial charge < -0.3 is 5.11 Å². The van der Waals surface area contributed by atoms with Crippen LogP contribution in [0.2, 0.25) is 0 Å². The van der Waals surface area contributed by atoms with Crippen LogP contribution in [0, 0.1) is 0 Å². The van der Waals surface area contributed by atoms with Crippen LogP contribution in [0.1, 0.15) is 23.8 Å². The fraction of sp³-hybridized carbons (Fsp3) is 0.375. The summed E-state index contributed by atoms with van der Waals surface area (Å²) in [5.41, 5.74) is 3.10. The minimum atomic E-state index is -0.315. The molecule has 56 valence electrons. The summed E-state index contributed by atoms with van der Waals surface area (Å²) in [5.74, 6) is 0. The highest BCUT2D eigenvalue weighted by Gasteiger charge is 2.20. The fourth-order valence-electron chi connectivity index (χ4n) is 1.53. The second-order valence-corrected chi connectivity index (χ2v) is 3.05. The first-order chi connectivity index (χ1) is 5.27. The predicted octanol–water partition coefficient (Wildman–Crippen LogP) is -0.680. The second-order valence-electron chi connectivity index (χ2n) is 3.05. The monoisotopic (exact) mass is 147 g/mol. The van der Waals surface area contributed by atoms with Gasteiger partial charge in [-0.25, -0.2) is 0 Å². The summed E-state index contributed by atoms with van der Waals surface area (Å²) in [6, 6.07) is 4.06. The van der Waals surface area contributed by atoms with Crippen molar-refractivity contribution >= 4 is 13.4 Å². The van der Waals surface area contributed by atoms with E-state index in [1.807, 2.05) is 13.9 Å². The van der Waals surface area contributed by atoms with Gasteiger partial charge >= 0.3 is 0 Å². The minimum absolute atomic E-state index is 0.315. The maximum Gasteiger partial charge on any atom is 0.163 e. The molecular formula is C8H10BNO. The Morgan fingerprint density at radius 1 is 1.55 bits per heavy atom. The largest absolute Gasteiger partial charge is 0.387 e. The van der Waals surface area contributed by atoms with Crippen molar-refractivity contribution in [1.29, 1.82) is 0 Å². The molecule has 0 aliphatic heterocycles. The smallest absolute Gasteiger partial charge is 0.163 e. The van der Waals surface area contributed by atoms with E-state index >= 15 is 0 Å². The molecule has 1 aliphatic carbocycles. The standard InChI is InChI=1S/C8H10BNO/c9-7-4-2-5-1-3-6(11)8(5)10-7/h2,4,6,11H,1,3,9H2. The Bertz CT molecular complexity index is 287. The van der Waals surface area contributed by atoms with Crippen LogP contribution < -0.4 is 5.59 Å². The van der Waals surface area contributed by atoms with Gasteiger partial charge in [-0.3, -0.25) is 4.98 Å². The van der Waals surface area contributed by atoms with Gasteiger partial charge in [0.2, 0.25) is 0 Å². The van der Waals surface area contributed by atoms with Crippen molar-refractivity contribution < 1.29 is 5.11 Å². The number of aromatic nitrogens is 1. The molecule has 1 aliphatic rings. The SMILES string of the molecule is Bc1ccc2c(n1)C(O)CC2. The molecule has 1 atom stereocenters. The van der Waals surface area contributed by atoms with E-state index in [1.54, 1.807) is 0 Å². The van der Waals surface area contributed by atoms with Gasteiger partial charge in [0.25, 0.3) is 0 Å². The number of fused-ring (bicyclic) bond motifs is 1. The molecular weight excluding hydrogens is 137 g/mol. The number of pyridine rings is 1. The molecule has 1 unspecified atom stereocenters. The van der Waals surface area contributed by atoms with Crippen LogP contribution in [0.3, 0.4) is 0 Å². The molecule has 1 N–H and O–H groups in total. The van der Waals surface area contributed by atoms with Crippen molar-refractivity contribution in [2.24, 2.45) is 0 Å². The Morgan fingerprint density at radius 2 is 2.36 bits per heavy atom. The molecule has 0 saturated heterocycles. The third kappa shape index (κ3) is 1.05. The Balaban J connectivity index is 2.52. The molecule has 0 spiro atoms. The number of aliphatic hydroxyl groups is 1. The summed E-state index contributed by atoms with van der Waals surface area (Å²) in [5, 5.41) is 9.44. The van der Waals surface area contributed by atoms with Crippen LogP contribution in [0.15, 0.2) is 12.1 Å². The zero-order chi connectivity index (χ0) is 7.84. The molecule has 2 rings (SSSR count). The van der Waals surface area contributed by atoms with Gasteiger partial charge in [0.05, 0.1) is 11.8 Å². The lowest BCUT2D eigenvalue weighted by atomic mass is 10.0. The molecule has 11 heavy (non-hydrogen) atoms. The number of hydrogen-bond acceptors (Lipinski definition) is 2. The lowest BCUT2D eigenvalue weighted by molar-refractivity contribution is 0.176. The van der Waals surface area contributed by atoms with Crippen molar-refractivity contribution in [2.45, 2.75) is 18.9 Å². The third-order valence-electron chi connectivity index (χ3n) is 2.15. The van der Waals surface area contributed by atoms with Crippen molar-refractivity contribution in [1.82, 2.24) is 4.98 Å². The zero-order valence-corrected chi connectivity index (χ0v) is 6.54. The highest BCUT2D eigenvalue weighted by Crippen LogP contribution is 2.27. The molecule has 0 amide bonds. The number of aliphatic hydroxyl groups excluding tert-OH is 1. The Hall–Kier alpha value is -0.825. The minimum Gasteiger partial charge on any atom is -0.387 e. The van der Waals surface area contributed by atoms with E-state index in [0.717, 1.165) is 24.1 Å². The van der Waals surface area contributed by atoms with E-state index in [-0.39, 0.29) is 6.10 Å². The molecule has 0 aromatic carbocycles. The highest BCUT2D eigenvalue weighted by molar-refractivity contribution is 6.30. The Labute approximate surface area is 66.7 Å². The summed E-state index contributed by atoms with van der Waals surface area (Å²) in [6.45, 7) is 0. The molecule has 1 aromatic heterocycles. The first kappa shape index (κ1) is 6.86. The number of aryl methyl sites for hydroxylation is 1. The van der Waals surface area contributed by atoms with Crippen molar-refractivity contribution in [3.05, 3.63) is 23.4 Å². The molecule has 0 saturated carbocycles. The molecule has 1 aromatic rings. The van der Waals surface area contributed by atoms with Gasteiger partial charge in [-0.15, -0.1) is 0 Å².